The molecule has 0 spiro atoms. The summed E-state index contributed by atoms with van der Waals surface area (Å²) >= 11 is 1.57. The third-order valence-corrected chi connectivity index (χ3v) is 4.79. The van der Waals surface area contributed by atoms with E-state index in [-0.39, 0.29) is 12.4 Å². The Morgan fingerprint density at radius 1 is 0.931 bits per heavy atom. The highest BCUT2D eigenvalue weighted by Gasteiger charge is 2.12. The van der Waals surface area contributed by atoms with E-state index in [1.54, 1.807) is 59.9 Å². The van der Waals surface area contributed by atoms with Crippen LogP contribution < -0.4 is 9.47 Å². The Morgan fingerprint density at radius 3 is 2.14 bits per heavy atom. The Balaban J connectivity index is 1.49. The largest absolute Gasteiger partial charge is 0.494 e. The van der Waals surface area contributed by atoms with E-state index in [0.717, 1.165) is 10.7 Å². The first-order valence-corrected chi connectivity index (χ1v) is 10.00. The van der Waals surface area contributed by atoms with E-state index in [9.17, 15) is 9.59 Å². The minimum Gasteiger partial charge on any atom is -0.494 e. The fraction of sp³-hybridized carbons (Fsp3) is 0.227. The van der Waals surface area contributed by atoms with Crippen LogP contribution in [-0.2, 0) is 11.3 Å². The monoisotopic (exact) mass is 411 g/mol. The normalized spacial score (nSPS) is 10.4. The first-order valence-electron chi connectivity index (χ1n) is 9.12. The number of benzene rings is 2. The highest BCUT2D eigenvalue weighted by Crippen LogP contribution is 2.17. The van der Waals surface area contributed by atoms with Crippen molar-refractivity contribution in [2.24, 2.45) is 0 Å². The quantitative estimate of drug-likeness (QED) is 0.382. The van der Waals surface area contributed by atoms with E-state index < -0.39 is 5.97 Å². The first kappa shape index (κ1) is 20.5. The smallest absolute Gasteiger partial charge is 0.338 e. The first-order chi connectivity index (χ1) is 14.0. The zero-order valence-electron chi connectivity index (χ0n) is 16.2. The maximum absolute atomic E-state index is 12.2. The molecule has 29 heavy (non-hydrogen) atoms. The maximum Gasteiger partial charge on any atom is 0.338 e. The number of rotatable bonds is 9. The standard InChI is InChI=1S/C22H21NO5S/c1-3-26-19-8-4-16(5-9-19)21(24)13-28-22(25)17-6-10-20(11-7-17)27-12-18-14-29-15(2)23-18/h4-11,14H,3,12-13H2,1-2H3. The molecular weight excluding hydrogens is 390 g/mol. The Bertz CT molecular complexity index is 964. The van der Waals surface area contributed by atoms with Crippen molar-refractivity contribution >= 4 is 23.1 Å². The Hall–Kier alpha value is -3.19. The van der Waals surface area contributed by atoms with Crippen molar-refractivity contribution in [1.29, 1.82) is 0 Å². The van der Waals surface area contributed by atoms with E-state index in [4.69, 9.17) is 14.2 Å². The average Bonchev–Trinajstić information content (AvgIpc) is 3.16. The van der Waals surface area contributed by atoms with E-state index in [0.29, 0.717) is 35.8 Å². The maximum atomic E-state index is 12.2. The summed E-state index contributed by atoms with van der Waals surface area (Å²) in [5.74, 6) is 0.469. The number of ether oxygens (including phenoxy) is 3. The predicted octanol–water partition coefficient (Wildman–Crippen LogP) is 4.47. The molecule has 0 atom stereocenters. The molecule has 1 heterocycles. The van der Waals surface area contributed by atoms with Crippen LogP contribution in [0.1, 0.15) is 38.3 Å². The number of ketones is 1. The molecule has 3 aromatic rings. The summed E-state index contributed by atoms with van der Waals surface area (Å²) in [6, 6.07) is 13.3. The van der Waals surface area contributed by atoms with Crippen LogP contribution in [0.3, 0.4) is 0 Å². The molecule has 2 aromatic carbocycles. The molecule has 0 aliphatic rings. The van der Waals surface area contributed by atoms with Gasteiger partial charge in [0.2, 0.25) is 0 Å². The van der Waals surface area contributed by atoms with Gasteiger partial charge in [0.25, 0.3) is 0 Å². The van der Waals surface area contributed by atoms with Gasteiger partial charge in [0.1, 0.15) is 18.1 Å². The molecule has 7 heteroatoms. The number of carbonyl (C=O) groups excluding carboxylic acids is 2. The van der Waals surface area contributed by atoms with Crippen molar-refractivity contribution in [3.05, 3.63) is 75.7 Å². The molecule has 0 radical (unpaired) electrons. The molecular formula is C22H21NO5S. The summed E-state index contributed by atoms with van der Waals surface area (Å²) in [6.07, 6.45) is 0. The van der Waals surface area contributed by atoms with Crippen molar-refractivity contribution in [3.8, 4) is 11.5 Å². The molecule has 0 fully saturated rings. The summed E-state index contributed by atoms with van der Waals surface area (Å²) in [5.41, 5.74) is 1.67. The molecule has 0 amide bonds. The second-order valence-electron chi connectivity index (χ2n) is 6.13. The lowest BCUT2D eigenvalue weighted by Gasteiger charge is -2.07. The average molecular weight is 411 g/mol. The van der Waals surface area contributed by atoms with Crippen LogP contribution in [0.5, 0.6) is 11.5 Å². The molecule has 6 nitrogen and oxygen atoms in total. The van der Waals surface area contributed by atoms with Crippen LogP contribution in [0, 0.1) is 6.92 Å². The topological polar surface area (TPSA) is 74.7 Å². The van der Waals surface area contributed by atoms with Crippen LogP contribution in [0.2, 0.25) is 0 Å². The second-order valence-corrected chi connectivity index (χ2v) is 7.19. The lowest BCUT2D eigenvalue weighted by Crippen LogP contribution is -2.14. The number of Topliss-reactive ketones (excluding diaryl/α,β-unsaturated/α-hetero) is 1. The van der Waals surface area contributed by atoms with Crippen molar-refractivity contribution in [2.45, 2.75) is 20.5 Å². The summed E-state index contributed by atoms with van der Waals surface area (Å²) in [6.45, 7) is 4.42. The second kappa shape index (κ2) is 9.84. The van der Waals surface area contributed by atoms with Gasteiger partial charge in [-0.25, -0.2) is 9.78 Å². The third kappa shape index (κ3) is 5.89. The number of thiazole rings is 1. The fourth-order valence-corrected chi connectivity index (χ4v) is 3.12. The third-order valence-electron chi connectivity index (χ3n) is 3.96. The molecule has 0 bridgehead atoms. The van der Waals surface area contributed by atoms with E-state index >= 15 is 0 Å². The number of nitrogens with zero attached hydrogens (tertiary/aromatic N) is 1. The zero-order valence-corrected chi connectivity index (χ0v) is 17.0. The molecule has 0 aliphatic heterocycles. The highest BCUT2D eigenvalue weighted by atomic mass is 32.1. The molecule has 0 saturated carbocycles. The van der Waals surface area contributed by atoms with Crippen LogP contribution in [0.15, 0.2) is 53.9 Å². The SMILES string of the molecule is CCOc1ccc(C(=O)COC(=O)c2ccc(OCc3csc(C)n3)cc2)cc1. The van der Waals surface area contributed by atoms with Gasteiger partial charge in [-0.1, -0.05) is 0 Å². The van der Waals surface area contributed by atoms with Gasteiger partial charge < -0.3 is 14.2 Å². The van der Waals surface area contributed by atoms with E-state index in [1.807, 2.05) is 19.2 Å². The van der Waals surface area contributed by atoms with Gasteiger partial charge in [-0.2, -0.15) is 0 Å². The number of esters is 1. The highest BCUT2D eigenvalue weighted by molar-refractivity contribution is 7.09. The molecule has 0 aliphatic carbocycles. The van der Waals surface area contributed by atoms with Gasteiger partial charge in [-0.05, 0) is 62.4 Å². The van der Waals surface area contributed by atoms with Gasteiger partial charge in [-0.15, -0.1) is 11.3 Å². The van der Waals surface area contributed by atoms with Crippen molar-refractivity contribution in [2.75, 3.05) is 13.2 Å². The van der Waals surface area contributed by atoms with Crippen LogP contribution in [-0.4, -0.2) is 30.0 Å². The number of hydrogen-bond donors (Lipinski definition) is 0. The van der Waals surface area contributed by atoms with Gasteiger partial charge in [-0.3, -0.25) is 4.79 Å². The lowest BCUT2D eigenvalue weighted by molar-refractivity contribution is 0.0474. The van der Waals surface area contributed by atoms with Crippen LogP contribution in [0.25, 0.3) is 0 Å². The van der Waals surface area contributed by atoms with Crippen LogP contribution >= 0.6 is 11.3 Å². The van der Waals surface area contributed by atoms with Gasteiger partial charge in [0, 0.05) is 10.9 Å². The summed E-state index contributed by atoms with van der Waals surface area (Å²) in [7, 11) is 0. The Kier molecular flexibility index (Phi) is 6.97. The van der Waals surface area contributed by atoms with Crippen molar-refractivity contribution < 1.29 is 23.8 Å². The lowest BCUT2D eigenvalue weighted by atomic mass is 10.1. The number of carbonyl (C=O) groups is 2. The van der Waals surface area contributed by atoms with Gasteiger partial charge in [0.05, 0.1) is 22.9 Å². The van der Waals surface area contributed by atoms with Crippen molar-refractivity contribution in [1.82, 2.24) is 4.98 Å². The summed E-state index contributed by atoms with van der Waals surface area (Å²) in [5, 5.41) is 2.93. The molecule has 0 N–H and O–H groups in total. The number of aromatic nitrogens is 1. The van der Waals surface area contributed by atoms with Gasteiger partial charge >= 0.3 is 5.97 Å². The Labute approximate surface area is 173 Å². The molecule has 1 aromatic heterocycles. The van der Waals surface area contributed by atoms with E-state index in [1.165, 1.54) is 0 Å². The molecule has 0 saturated heterocycles. The van der Waals surface area contributed by atoms with Crippen LogP contribution in [0.4, 0.5) is 0 Å². The summed E-state index contributed by atoms with van der Waals surface area (Å²) < 4.78 is 16.1. The zero-order chi connectivity index (χ0) is 20.6. The summed E-state index contributed by atoms with van der Waals surface area (Å²) in [4.78, 5) is 28.7. The van der Waals surface area contributed by atoms with Gasteiger partial charge in [0.15, 0.2) is 12.4 Å². The predicted molar refractivity (Wildman–Crippen MR) is 110 cm³/mol. The number of aryl methyl sites for hydroxylation is 1. The van der Waals surface area contributed by atoms with E-state index in [2.05, 4.69) is 4.98 Å². The molecule has 3 rings (SSSR count). The molecule has 150 valence electrons. The molecule has 0 unspecified atom stereocenters. The van der Waals surface area contributed by atoms with Crippen molar-refractivity contribution in [3.63, 3.8) is 0 Å². The minimum absolute atomic E-state index is 0.278. The fourth-order valence-electron chi connectivity index (χ4n) is 2.52. The number of hydrogen-bond acceptors (Lipinski definition) is 7. The minimum atomic E-state index is -0.564. The Morgan fingerprint density at radius 2 is 1.55 bits per heavy atom.